The van der Waals surface area contributed by atoms with Gasteiger partial charge in [0.1, 0.15) is 0 Å². The van der Waals surface area contributed by atoms with Crippen LogP contribution in [0.2, 0.25) is 0 Å². The third-order valence-corrected chi connectivity index (χ3v) is 3.97. The van der Waals surface area contributed by atoms with Gasteiger partial charge in [-0.3, -0.25) is 4.79 Å². The van der Waals surface area contributed by atoms with E-state index in [1.807, 2.05) is 11.9 Å². The molecule has 18 heavy (non-hydrogen) atoms. The number of rotatable bonds is 9. The van der Waals surface area contributed by atoms with Crippen LogP contribution in [-0.4, -0.2) is 30.4 Å². The molecule has 106 valence electrons. The lowest BCUT2D eigenvalue weighted by molar-refractivity contribution is -0.131. The summed E-state index contributed by atoms with van der Waals surface area (Å²) < 4.78 is 0. The number of nitrogens with two attached hydrogens (primary N) is 1. The SMILES string of the molecule is CCCCCCCCC(=O)N(C)CC1CC(N)C1. The Kier molecular flexibility index (Phi) is 7.33. The zero-order valence-electron chi connectivity index (χ0n) is 12.2. The van der Waals surface area contributed by atoms with Gasteiger partial charge in [-0.2, -0.15) is 0 Å². The Balaban J connectivity index is 1.98. The van der Waals surface area contributed by atoms with E-state index < -0.39 is 0 Å². The second-order valence-electron chi connectivity index (χ2n) is 5.89. The van der Waals surface area contributed by atoms with Gasteiger partial charge in [0.15, 0.2) is 0 Å². The Bertz CT molecular complexity index is 237. The van der Waals surface area contributed by atoms with Crippen LogP contribution in [0, 0.1) is 5.92 Å². The highest BCUT2D eigenvalue weighted by Gasteiger charge is 2.27. The largest absolute Gasteiger partial charge is 0.345 e. The molecular formula is C15H30N2O. The Morgan fingerprint density at radius 3 is 2.39 bits per heavy atom. The topological polar surface area (TPSA) is 46.3 Å². The van der Waals surface area contributed by atoms with Gasteiger partial charge in [-0.15, -0.1) is 0 Å². The number of unbranched alkanes of at least 4 members (excludes halogenated alkanes) is 5. The van der Waals surface area contributed by atoms with E-state index in [4.69, 9.17) is 5.73 Å². The van der Waals surface area contributed by atoms with Gasteiger partial charge in [0.05, 0.1) is 0 Å². The summed E-state index contributed by atoms with van der Waals surface area (Å²) >= 11 is 0. The van der Waals surface area contributed by atoms with Crippen molar-refractivity contribution in [1.29, 1.82) is 0 Å². The molecule has 0 heterocycles. The van der Waals surface area contributed by atoms with Crippen molar-refractivity contribution in [2.75, 3.05) is 13.6 Å². The van der Waals surface area contributed by atoms with Gasteiger partial charge in [0.25, 0.3) is 0 Å². The molecule has 1 fully saturated rings. The first kappa shape index (κ1) is 15.5. The van der Waals surface area contributed by atoms with E-state index in [0.29, 0.717) is 17.9 Å². The quantitative estimate of drug-likeness (QED) is 0.643. The summed E-state index contributed by atoms with van der Waals surface area (Å²) in [5.74, 6) is 0.962. The molecule has 0 spiro atoms. The summed E-state index contributed by atoms with van der Waals surface area (Å²) in [4.78, 5) is 13.8. The molecule has 1 amide bonds. The van der Waals surface area contributed by atoms with E-state index in [0.717, 1.165) is 32.2 Å². The summed E-state index contributed by atoms with van der Waals surface area (Å²) in [6, 6.07) is 0.386. The minimum absolute atomic E-state index is 0.311. The molecule has 0 aromatic carbocycles. The molecule has 0 bridgehead atoms. The molecule has 3 heteroatoms. The zero-order chi connectivity index (χ0) is 13.4. The standard InChI is InChI=1S/C15H30N2O/c1-3-4-5-6-7-8-9-15(18)17(2)12-13-10-14(16)11-13/h13-14H,3-12,16H2,1-2H3. The average Bonchev–Trinajstić information content (AvgIpc) is 2.31. The fourth-order valence-corrected chi connectivity index (χ4v) is 2.67. The maximum absolute atomic E-state index is 11.9. The van der Waals surface area contributed by atoms with E-state index in [1.165, 1.54) is 32.1 Å². The molecule has 0 aromatic rings. The summed E-state index contributed by atoms with van der Waals surface area (Å²) in [7, 11) is 1.93. The monoisotopic (exact) mass is 254 g/mol. The molecule has 1 aliphatic rings. The van der Waals surface area contributed by atoms with Crippen LogP contribution in [0.3, 0.4) is 0 Å². The van der Waals surface area contributed by atoms with E-state index in [2.05, 4.69) is 6.92 Å². The predicted octanol–water partition coefficient (Wildman–Crippen LogP) is 2.93. The van der Waals surface area contributed by atoms with Crippen molar-refractivity contribution in [2.45, 2.75) is 70.8 Å². The summed E-state index contributed by atoms with van der Waals surface area (Å²) in [6.07, 6.45) is 10.4. The van der Waals surface area contributed by atoms with Crippen LogP contribution in [0.1, 0.15) is 64.7 Å². The van der Waals surface area contributed by atoms with Crippen molar-refractivity contribution in [2.24, 2.45) is 11.7 Å². The lowest BCUT2D eigenvalue weighted by Gasteiger charge is -2.35. The number of hydrogen-bond acceptors (Lipinski definition) is 2. The van der Waals surface area contributed by atoms with Crippen LogP contribution in [-0.2, 0) is 4.79 Å². The lowest BCUT2D eigenvalue weighted by Crippen LogP contribution is -2.43. The Hall–Kier alpha value is -0.570. The first-order valence-electron chi connectivity index (χ1n) is 7.63. The highest BCUT2D eigenvalue weighted by atomic mass is 16.2. The molecular weight excluding hydrogens is 224 g/mol. The van der Waals surface area contributed by atoms with Crippen LogP contribution in [0.15, 0.2) is 0 Å². The third kappa shape index (κ3) is 5.85. The second kappa shape index (κ2) is 8.52. The number of amides is 1. The molecule has 0 atom stereocenters. The van der Waals surface area contributed by atoms with Gasteiger partial charge in [0.2, 0.25) is 5.91 Å². The van der Waals surface area contributed by atoms with Crippen molar-refractivity contribution in [1.82, 2.24) is 4.90 Å². The van der Waals surface area contributed by atoms with E-state index in [-0.39, 0.29) is 0 Å². The smallest absolute Gasteiger partial charge is 0.222 e. The molecule has 0 saturated heterocycles. The molecule has 0 unspecified atom stereocenters. The Labute approximate surface area is 112 Å². The number of carbonyl (C=O) groups is 1. The summed E-state index contributed by atoms with van der Waals surface area (Å²) in [5, 5.41) is 0. The van der Waals surface area contributed by atoms with Crippen molar-refractivity contribution in [3.63, 3.8) is 0 Å². The van der Waals surface area contributed by atoms with Crippen LogP contribution in [0.5, 0.6) is 0 Å². The lowest BCUT2D eigenvalue weighted by atomic mass is 9.80. The Morgan fingerprint density at radius 1 is 1.17 bits per heavy atom. The van der Waals surface area contributed by atoms with Crippen LogP contribution in [0.25, 0.3) is 0 Å². The first-order chi connectivity index (χ1) is 8.63. The molecule has 2 N–H and O–H groups in total. The molecule has 1 saturated carbocycles. The van der Waals surface area contributed by atoms with E-state index in [9.17, 15) is 4.79 Å². The molecule has 1 rings (SSSR count). The van der Waals surface area contributed by atoms with E-state index in [1.54, 1.807) is 0 Å². The first-order valence-corrected chi connectivity index (χ1v) is 7.63. The third-order valence-electron chi connectivity index (χ3n) is 3.97. The average molecular weight is 254 g/mol. The summed E-state index contributed by atoms with van der Waals surface area (Å²) in [5.41, 5.74) is 5.76. The van der Waals surface area contributed by atoms with Crippen LogP contribution >= 0.6 is 0 Å². The van der Waals surface area contributed by atoms with Gasteiger partial charge < -0.3 is 10.6 Å². The molecule has 1 aliphatic carbocycles. The predicted molar refractivity (Wildman–Crippen MR) is 76.3 cm³/mol. The van der Waals surface area contributed by atoms with E-state index >= 15 is 0 Å². The fraction of sp³-hybridized carbons (Fsp3) is 0.933. The maximum atomic E-state index is 11.9. The molecule has 0 aromatic heterocycles. The highest BCUT2D eigenvalue weighted by molar-refractivity contribution is 5.75. The Morgan fingerprint density at radius 2 is 1.78 bits per heavy atom. The molecule has 3 nitrogen and oxygen atoms in total. The number of hydrogen-bond donors (Lipinski definition) is 1. The van der Waals surface area contributed by atoms with Gasteiger partial charge >= 0.3 is 0 Å². The van der Waals surface area contributed by atoms with Crippen LogP contribution < -0.4 is 5.73 Å². The van der Waals surface area contributed by atoms with Gasteiger partial charge in [0, 0.05) is 26.1 Å². The minimum Gasteiger partial charge on any atom is -0.345 e. The van der Waals surface area contributed by atoms with Crippen molar-refractivity contribution in [3.8, 4) is 0 Å². The maximum Gasteiger partial charge on any atom is 0.222 e. The zero-order valence-corrected chi connectivity index (χ0v) is 12.2. The van der Waals surface area contributed by atoms with Crippen LogP contribution in [0.4, 0.5) is 0 Å². The highest BCUT2D eigenvalue weighted by Crippen LogP contribution is 2.26. The van der Waals surface area contributed by atoms with Crippen molar-refractivity contribution in [3.05, 3.63) is 0 Å². The normalized spacial score (nSPS) is 22.6. The van der Waals surface area contributed by atoms with Gasteiger partial charge in [-0.05, 0) is 25.2 Å². The molecule has 0 radical (unpaired) electrons. The van der Waals surface area contributed by atoms with Crippen molar-refractivity contribution < 1.29 is 4.79 Å². The minimum atomic E-state index is 0.311. The van der Waals surface area contributed by atoms with Gasteiger partial charge in [-0.1, -0.05) is 39.0 Å². The van der Waals surface area contributed by atoms with Crippen molar-refractivity contribution >= 4 is 5.91 Å². The van der Waals surface area contributed by atoms with Gasteiger partial charge in [-0.25, -0.2) is 0 Å². The number of carbonyl (C=O) groups excluding carboxylic acids is 1. The summed E-state index contributed by atoms with van der Waals surface area (Å²) in [6.45, 7) is 3.13. The fourth-order valence-electron chi connectivity index (χ4n) is 2.67. The number of nitrogens with zero attached hydrogens (tertiary/aromatic N) is 1. The molecule has 0 aliphatic heterocycles. The second-order valence-corrected chi connectivity index (χ2v) is 5.89.